The maximum absolute atomic E-state index is 2.45. The number of hydrogen-bond acceptors (Lipinski definition) is 1. The second-order valence-electron chi connectivity index (χ2n) is 14.8. The molecule has 0 saturated carbocycles. The summed E-state index contributed by atoms with van der Waals surface area (Å²) in [5.41, 5.74) is 13.1. The van der Waals surface area contributed by atoms with Crippen LogP contribution in [0.25, 0.3) is 97.0 Å². The van der Waals surface area contributed by atoms with Crippen LogP contribution in [0.15, 0.2) is 170 Å². The van der Waals surface area contributed by atoms with Gasteiger partial charge in [-0.3, -0.25) is 0 Å². The highest BCUT2D eigenvalue weighted by Gasteiger charge is 2.37. The first kappa shape index (κ1) is 29.7. The van der Waals surface area contributed by atoms with Crippen molar-refractivity contribution in [2.75, 3.05) is 0 Å². The van der Waals surface area contributed by atoms with Crippen LogP contribution in [-0.2, 0) is 5.41 Å². The van der Waals surface area contributed by atoms with Crippen molar-refractivity contribution in [3.8, 4) is 44.5 Å². The minimum absolute atomic E-state index is 0.0809. The van der Waals surface area contributed by atoms with Crippen molar-refractivity contribution >= 4 is 63.8 Å². The Morgan fingerprint density at radius 3 is 1.63 bits per heavy atom. The van der Waals surface area contributed by atoms with Crippen molar-refractivity contribution in [3.63, 3.8) is 0 Å². The van der Waals surface area contributed by atoms with Crippen molar-refractivity contribution < 1.29 is 0 Å². The number of hydrogen-bond donors (Lipinski definition) is 0. The normalized spacial score (nSPS) is 13.3. The summed E-state index contributed by atoms with van der Waals surface area (Å²) < 4.78 is 2.73. The summed E-state index contributed by atoms with van der Waals surface area (Å²) >= 11 is 1.90. The van der Waals surface area contributed by atoms with E-state index in [1.807, 2.05) is 11.3 Å². The molecule has 1 heteroatoms. The van der Waals surface area contributed by atoms with Crippen molar-refractivity contribution in [2.45, 2.75) is 19.3 Å². The number of fused-ring (bicyclic) bond motifs is 10. The lowest BCUT2D eigenvalue weighted by Crippen LogP contribution is -2.14. The van der Waals surface area contributed by atoms with Gasteiger partial charge < -0.3 is 0 Å². The zero-order valence-corrected chi connectivity index (χ0v) is 29.9. The largest absolute Gasteiger partial charge is 0.135 e. The Balaban J connectivity index is 1.04. The summed E-state index contributed by atoms with van der Waals surface area (Å²) in [5.74, 6) is 0. The molecule has 0 radical (unpaired) electrons. The number of rotatable bonds is 3. The van der Waals surface area contributed by atoms with Gasteiger partial charge in [-0.15, -0.1) is 11.3 Å². The summed E-state index contributed by atoms with van der Waals surface area (Å²) in [7, 11) is 0. The molecule has 0 aliphatic heterocycles. The SMILES string of the molecule is CC1(C)c2cc(-c3ccc(-c4c5ccccc5c(-c5ccc6ccccc6c5)c5ccccc45)cc3)ccc2-c2c1ccc1sc3ccccc3c21. The topological polar surface area (TPSA) is 0 Å². The summed E-state index contributed by atoms with van der Waals surface area (Å²) in [5, 5.41) is 10.4. The zero-order chi connectivity index (χ0) is 34.6. The first-order valence-corrected chi connectivity index (χ1v) is 19.0. The Bertz CT molecular complexity index is 3030. The number of thiophene rings is 1. The fraction of sp³-hybridized carbons (Fsp3) is 0.0588. The molecule has 0 nitrogen and oxygen atoms in total. The molecule has 0 spiro atoms. The van der Waals surface area contributed by atoms with E-state index in [1.165, 1.54) is 108 Å². The molecule has 1 aliphatic carbocycles. The maximum Gasteiger partial charge on any atom is 0.0361 e. The van der Waals surface area contributed by atoms with Gasteiger partial charge in [-0.05, 0) is 112 Å². The maximum atomic E-state index is 2.45. The molecule has 0 saturated heterocycles. The van der Waals surface area contributed by atoms with Gasteiger partial charge in [-0.2, -0.15) is 0 Å². The van der Waals surface area contributed by atoms with Crippen molar-refractivity contribution in [1.29, 1.82) is 0 Å². The fourth-order valence-corrected chi connectivity index (χ4v) is 10.3. The van der Waals surface area contributed by atoms with Gasteiger partial charge >= 0.3 is 0 Å². The third-order valence-electron chi connectivity index (χ3n) is 11.7. The van der Waals surface area contributed by atoms with E-state index in [0.29, 0.717) is 0 Å². The molecule has 1 aliphatic rings. The van der Waals surface area contributed by atoms with Crippen LogP contribution in [0.4, 0.5) is 0 Å². The van der Waals surface area contributed by atoms with Crippen molar-refractivity contribution in [3.05, 3.63) is 181 Å². The molecule has 1 heterocycles. The average Bonchev–Trinajstić information content (AvgIpc) is 3.68. The molecule has 11 rings (SSSR count). The van der Waals surface area contributed by atoms with Gasteiger partial charge in [-0.1, -0.05) is 159 Å². The van der Waals surface area contributed by atoms with Crippen LogP contribution in [0, 0.1) is 0 Å². The Labute approximate surface area is 307 Å². The van der Waals surface area contributed by atoms with E-state index >= 15 is 0 Å². The van der Waals surface area contributed by atoms with Gasteiger partial charge in [0.1, 0.15) is 0 Å². The molecule has 1 aromatic heterocycles. The van der Waals surface area contributed by atoms with Gasteiger partial charge in [0.15, 0.2) is 0 Å². The first-order valence-electron chi connectivity index (χ1n) is 18.2. The smallest absolute Gasteiger partial charge is 0.0361 e. The van der Waals surface area contributed by atoms with Crippen LogP contribution in [-0.4, -0.2) is 0 Å². The lowest BCUT2D eigenvalue weighted by atomic mass is 9.81. The minimum Gasteiger partial charge on any atom is -0.135 e. The quantitative estimate of drug-likeness (QED) is 0.163. The second kappa shape index (κ2) is 11.0. The van der Waals surface area contributed by atoms with E-state index < -0.39 is 0 Å². The van der Waals surface area contributed by atoms with E-state index in [4.69, 9.17) is 0 Å². The summed E-state index contributed by atoms with van der Waals surface area (Å²) in [4.78, 5) is 0. The standard InChI is InChI=1S/C51H34S/c1-51(2)43-27-28-46-50(42-17-9-10-18-45(42)52-46)49(43)41-26-25-35(30-44(41)51)32-19-22-33(23-20-32)47-37-13-5-7-15-39(37)48(40-16-8-6-14-38(40)47)36-24-21-31-11-3-4-12-34(31)29-36/h3-30H,1-2H3. The second-order valence-corrected chi connectivity index (χ2v) is 15.9. The van der Waals surface area contributed by atoms with E-state index in [2.05, 4.69) is 184 Å². The zero-order valence-electron chi connectivity index (χ0n) is 29.1. The molecule has 0 unspecified atom stereocenters. The molecular weight excluding hydrogens is 645 g/mol. The molecule has 52 heavy (non-hydrogen) atoms. The highest BCUT2D eigenvalue weighted by Crippen LogP contribution is 2.54. The van der Waals surface area contributed by atoms with Gasteiger partial charge in [0, 0.05) is 25.6 Å². The van der Waals surface area contributed by atoms with Gasteiger partial charge in [-0.25, -0.2) is 0 Å². The summed E-state index contributed by atoms with van der Waals surface area (Å²) in [6.07, 6.45) is 0. The van der Waals surface area contributed by atoms with Crippen LogP contribution in [0.5, 0.6) is 0 Å². The average molecular weight is 679 g/mol. The van der Waals surface area contributed by atoms with Crippen LogP contribution < -0.4 is 0 Å². The lowest BCUT2D eigenvalue weighted by molar-refractivity contribution is 0.661. The molecule has 0 amide bonds. The summed E-state index contributed by atoms with van der Waals surface area (Å²) in [6, 6.07) is 63.4. The molecule has 0 bridgehead atoms. The first-order chi connectivity index (χ1) is 25.5. The predicted octanol–water partition coefficient (Wildman–Crippen LogP) is 14.8. The van der Waals surface area contributed by atoms with Gasteiger partial charge in [0.25, 0.3) is 0 Å². The molecule has 0 fully saturated rings. The van der Waals surface area contributed by atoms with Crippen LogP contribution in [0.1, 0.15) is 25.0 Å². The van der Waals surface area contributed by atoms with E-state index in [-0.39, 0.29) is 5.41 Å². The fourth-order valence-electron chi connectivity index (χ4n) is 9.15. The third-order valence-corrected chi connectivity index (χ3v) is 12.8. The Morgan fingerprint density at radius 2 is 0.923 bits per heavy atom. The minimum atomic E-state index is -0.0809. The lowest BCUT2D eigenvalue weighted by Gasteiger charge is -2.22. The summed E-state index contributed by atoms with van der Waals surface area (Å²) in [6.45, 7) is 4.78. The molecule has 0 N–H and O–H groups in total. The van der Waals surface area contributed by atoms with E-state index in [9.17, 15) is 0 Å². The Kier molecular flexibility index (Phi) is 6.27. The predicted molar refractivity (Wildman–Crippen MR) is 226 cm³/mol. The molecule has 9 aromatic carbocycles. The van der Waals surface area contributed by atoms with Gasteiger partial charge in [0.2, 0.25) is 0 Å². The highest BCUT2D eigenvalue weighted by atomic mass is 32.1. The monoisotopic (exact) mass is 678 g/mol. The highest BCUT2D eigenvalue weighted by molar-refractivity contribution is 7.26. The third kappa shape index (κ3) is 4.21. The molecule has 0 atom stereocenters. The molecule has 244 valence electrons. The number of benzene rings is 9. The van der Waals surface area contributed by atoms with Crippen molar-refractivity contribution in [2.24, 2.45) is 0 Å². The van der Waals surface area contributed by atoms with Crippen LogP contribution >= 0.6 is 11.3 Å². The van der Waals surface area contributed by atoms with E-state index in [1.54, 1.807) is 0 Å². The Hall–Kier alpha value is -6.02. The van der Waals surface area contributed by atoms with Crippen LogP contribution in [0.2, 0.25) is 0 Å². The van der Waals surface area contributed by atoms with E-state index in [0.717, 1.165) is 0 Å². The Morgan fingerprint density at radius 1 is 0.365 bits per heavy atom. The van der Waals surface area contributed by atoms with Crippen LogP contribution in [0.3, 0.4) is 0 Å². The molecular formula is C51H34S. The molecule has 10 aromatic rings. The van der Waals surface area contributed by atoms with Crippen molar-refractivity contribution in [1.82, 2.24) is 0 Å². The van der Waals surface area contributed by atoms with Gasteiger partial charge in [0.05, 0.1) is 0 Å².